The van der Waals surface area contributed by atoms with Gasteiger partial charge in [0.25, 0.3) is 0 Å². The highest BCUT2D eigenvalue weighted by Crippen LogP contribution is 2.26. The molecule has 2 atom stereocenters. The van der Waals surface area contributed by atoms with Gasteiger partial charge < -0.3 is 5.32 Å². The number of hydrogen-bond acceptors (Lipinski definition) is 3. The van der Waals surface area contributed by atoms with Crippen LogP contribution in [0.15, 0.2) is 18.5 Å². The maximum atomic E-state index is 12.7. The summed E-state index contributed by atoms with van der Waals surface area (Å²) < 4.78 is 0. The lowest BCUT2D eigenvalue weighted by atomic mass is 10.0. The van der Waals surface area contributed by atoms with E-state index in [2.05, 4.69) is 10.3 Å². The molecule has 20 heavy (non-hydrogen) atoms. The van der Waals surface area contributed by atoms with Gasteiger partial charge in [0, 0.05) is 6.20 Å². The maximum absolute atomic E-state index is 12.7. The molecule has 0 saturated carbocycles. The standard InChI is InChI=1S/C15H21N3O2/c1-4-6-11-15(20)18(12(5-2)14(19)17-11)13-9-16-8-7-10(13)3/h7-9,11-12H,4-6H2,1-3H3,(H,17,19). The molecule has 1 aromatic rings. The van der Waals surface area contributed by atoms with E-state index in [4.69, 9.17) is 0 Å². The molecule has 2 heterocycles. The van der Waals surface area contributed by atoms with Crippen molar-refractivity contribution in [3.63, 3.8) is 0 Å². The second-order valence-corrected chi connectivity index (χ2v) is 5.14. The highest BCUT2D eigenvalue weighted by molar-refractivity contribution is 6.08. The van der Waals surface area contributed by atoms with Crippen LogP contribution >= 0.6 is 0 Å². The Bertz CT molecular complexity index is 516. The summed E-state index contributed by atoms with van der Waals surface area (Å²) in [7, 11) is 0. The van der Waals surface area contributed by atoms with E-state index in [1.165, 1.54) is 0 Å². The third kappa shape index (κ3) is 2.53. The van der Waals surface area contributed by atoms with Crippen LogP contribution in [-0.2, 0) is 9.59 Å². The van der Waals surface area contributed by atoms with Crippen LogP contribution in [0.25, 0.3) is 0 Å². The summed E-state index contributed by atoms with van der Waals surface area (Å²) in [5.74, 6) is -0.108. The van der Waals surface area contributed by atoms with Crippen LogP contribution in [0.1, 0.15) is 38.7 Å². The summed E-state index contributed by atoms with van der Waals surface area (Å²) in [5.41, 5.74) is 1.69. The molecule has 1 N–H and O–H groups in total. The molecule has 0 spiro atoms. The van der Waals surface area contributed by atoms with Gasteiger partial charge >= 0.3 is 0 Å². The van der Waals surface area contributed by atoms with Crippen molar-refractivity contribution in [3.8, 4) is 0 Å². The fraction of sp³-hybridized carbons (Fsp3) is 0.533. The minimum atomic E-state index is -0.446. The summed E-state index contributed by atoms with van der Waals surface area (Å²) >= 11 is 0. The highest BCUT2D eigenvalue weighted by Gasteiger charge is 2.40. The minimum absolute atomic E-state index is 0.0330. The Morgan fingerprint density at radius 2 is 2.10 bits per heavy atom. The lowest BCUT2D eigenvalue weighted by Gasteiger charge is -2.39. The quantitative estimate of drug-likeness (QED) is 0.911. The van der Waals surface area contributed by atoms with Crippen molar-refractivity contribution >= 4 is 17.5 Å². The second kappa shape index (κ2) is 6.03. The van der Waals surface area contributed by atoms with Crippen molar-refractivity contribution in [3.05, 3.63) is 24.0 Å². The van der Waals surface area contributed by atoms with Gasteiger partial charge in [-0.25, -0.2) is 0 Å². The Morgan fingerprint density at radius 3 is 2.70 bits per heavy atom. The van der Waals surface area contributed by atoms with Crippen LogP contribution in [0, 0.1) is 6.92 Å². The number of anilines is 1. The Morgan fingerprint density at radius 1 is 1.35 bits per heavy atom. The van der Waals surface area contributed by atoms with Crippen LogP contribution in [-0.4, -0.2) is 28.9 Å². The first-order valence-electron chi connectivity index (χ1n) is 7.14. The van der Waals surface area contributed by atoms with Gasteiger partial charge in [0.2, 0.25) is 11.8 Å². The largest absolute Gasteiger partial charge is 0.342 e. The Hall–Kier alpha value is -1.91. The monoisotopic (exact) mass is 275 g/mol. The first kappa shape index (κ1) is 14.5. The fourth-order valence-corrected chi connectivity index (χ4v) is 2.62. The van der Waals surface area contributed by atoms with Crippen LogP contribution in [0.4, 0.5) is 5.69 Å². The summed E-state index contributed by atoms with van der Waals surface area (Å²) in [6.45, 7) is 5.85. The first-order chi connectivity index (χ1) is 9.60. The Kier molecular flexibility index (Phi) is 4.37. The van der Waals surface area contributed by atoms with E-state index in [0.29, 0.717) is 12.8 Å². The van der Waals surface area contributed by atoms with E-state index in [9.17, 15) is 9.59 Å². The van der Waals surface area contributed by atoms with E-state index >= 15 is 0 Å². The number of nitrogens with one attached hydrogen (secondary N) is 1. The van der Waals surface area contributed by atoms with Crippen LogP contribution in [0.5, 0.6) is 0 Å². The number of pyridine rings is 1. The molecule has 5 nitrogen and oxygen atoms in total. The van der Waals surface area contributed by atoms with Gasteiger partial charge in [0.1, 0.15) is 12.1 Å². The van der Waals surface area contributed by atoms with Crippen molar-refractivity contribution in [1.82, 2.24) is 10.3 Å². The predicted molar refractivity (Wildman–Crippen MR) is 77.4 cm³/mol. The van der Waals surface area contributed by atoms with Gasteiger partial charge in [0.05, 0.1) is 11.9 Å². The van der Waals surface area contributed by atoms with Gasteiger partial charge in [-0.05, 0) is 31.4 Å². The number of carbonyl (C=O) groups is 2. The van der Waals surface area contributed by atoms with E-state index in [-0.39, 0.29) is 11.8 Å². The third-order valence-corrected chi connectivity index (χ3v) is 3.70. The molecule has 0 bridgehead atoms. The molecule has 108 valence electrons. The Balaban J connectivity index is 2.41. The van der Waals surface area contributed by atoms with Crippen molar-refractivity contribution < 1.29 is 9.59 Å². The molecule has 2 unspecified atom stereocenters. The molecule has 1 fully saturated rings. The SMILES string of the molecule is CCCC1NC(=O)C(CC)N(c2cnccc2C)C1=O. The van der Waals surface area contributed by atoms with E-state index in [0.717, 1.165) is 17.7 Å². The lowest BCUT2D eigenvalue weighted by Crippen LogP contribution is -2.63. The molecule has 1 aromatic heterocycles. The van der Waals surface area contributed by atoms with E-state index in [1.54, 1.807) is 17.3 Å². The Labute approximate surface area is 119 Å². The zero-order valence-corrected chi connectivity index (χ0v) is 12.2. The lowest BCUT2D eigenvalue weighted by molar-refractivity contribution is -0.134. The molecule has 0 aromatic carbocycles. The number of amides is 2. The van der Waals surface area contributed by atoms with Crippen molar-refractivity contribution in [2.75, 3.05) is 4.90 Å². The first-order valence-corrected chi connectivity index (χ1v) is 7.14. The summed E-state index contributed by atoms with van der Waals surface area (Å²) in [6.07, 6.45) is 5.46. The predicted octanol–water partition coefficient (Wildman–Crippen LogP) is 1.80. The average Bonchev–Trinajstić information content (AvgIpc) is 2.43. The van der Waals surface area contributed by atoms with E-state index in [1.807, 2.05) is 26.8 Å². The molecule has 2 rings (SSSR count). The topological polar surface area (TPSA) is 62.3 Å². The second-order valence-electron chi connectivity index (χ2n) is 5.14. The number of rotatable bonds is 4. The van der Waals surface area contributed by atoms with Gasteiger partial charge in [-0.15, -0.1) is 0 Å². The summed E-state index contributed by atoms with van der Waals surface area (Å²) in [6, 6.07) is 0.991. The van der Waals surface area contributed by atoms with Crippen molar-refractivity contribution in [2.45, 2.75) is 52.1 Å². The molecule has 5 heteroatoms. The van der Waals surface area contributed by atoms with Gasteiger partial charge in [-0.3, -0.25) is 19.5 Å². The molecule has 1 saturated heterocycles. The molecule has 1 aliphatic heterocycles. The number of carbonyl (C=O) groups excluding carboxylic acids is 2. The normalized spacial score (nSPS) is 22.9. The molecule has 1 aliphatic rings. The van der Waals surface area contributed by atoms with Crippen molar-refractivity contribution in [2.24, 2.45) is 0 Å². The number of piperazine rings is 1. The summed E-state index contributed by atoms with van der Waals surface area (Å²) in [5, 5.41) is 2.84. The number of aromatic nitrogens is 1. The zero-order chi connectivity index (χ0) is 14.7. The third-order valence-electron chi connectivity index (χ3n) is 3.70. The molecule has 0 radical (unpaired) electrons. The van der Waals surface area contributed by atoms with Crippen LogP contribution in [0.3, 0.4) is 0 Å². The minimum Gasteiger partial charge on any atom is -0.342 e. The van der Waals surface area contributed by atoms with Gasteiger partial charge in [-0.2, -0.15) is 0 Å². The van der Waals surface area contributed by atoms with Crippen LogP contribution in [0.2, 0.25) is 0 Å². The molecular weight excluding hydrogens is 254 g/mol. The fourth-order valence-electron chi connectivity index (χ4n) is 2.62. The smallest absolute Gasteiger partial charge is 0.250 e. The van der Waals surface area contributed by atoms with E-state index < -0.39 is 12.1 Å². The molecule has 0 aliphatic carbocycles. The average molecular weight is 275 g/mol. The van der Waals surface area contributed by atoms with Gasteiger partial charge in [0.15, 0.2) is 0 Å². The van der Waals surface area contributed by atoms with Gasteiger partial charge in [-0.1, -0.05) is 20.3 Å². The summed E-state index contributed by atoms with van der Waals surface area (Å²) in [4.78, 5) is 30.6. The highest BCUT2D eigenvalue weighted by atomic mass is 16.2. The van der Waals surface area contributed by atoms with Crippen molar-refractivity contribution in [1.29, 1.82) is 0 Å². The molecule has 2 amide bonds. The van der Waals surface area contributed by atoms with Crippen LogP contribution < -0.4 is 10.2 Å². The zero-order valence-electron chi connectivity index (χ0n) is 12.2. The number of aryl methyl sites for hydroxylation is 1. The molecular formula is C15H21N3O2. The maximum Gasteiger partial charge on any atom is 0.250 e. The number of nitrogens with zero attached hydrogens (tertiary/aromatic N) is 2. The number of hydrogen-bond donors (Lipinski definition) is 1.